The molecule has 0 bridgehead atoms. The largest absolute Gasteiger partial charge is 0.0622 e. The highest BCUT2D eigenvalue weighted by atomic mass is 31.1. The van der Waals surface area contributed by atoms with Crippen LogP contribution >= 0.6 is 15.8 Å². The van der Waals surface area contributed by atoms with Crippen molar-refractivity contribution >= 4 is 53.1 Å². The van der Waals surface area contributed by atoms with Crippen LogP contribution in [-0.2, 0) is 6.42 Å². The maximum atomic E-state index is 2.48. The third-order valence-electron chi connectivity index (χ3n) is 9.41. The van der Waals surface area contributed by atoms with Crippen LogP contribution < -0.4 is 26.5 Å². The van der Waals surface area contributed by atoms with Gasteiger partial charge in [-0.25, -0.2) is 0 Å². The van der Waals surface area contributed by atoms with Gasteiger partial charge in [0.25, 0.3) is 0 Å². The molecule has 2 heteroatoms. The molecule has 0 saturated carbocycles. The van der Waals surface area contributed by atoms with E-state index in [4.69, 9.17) is 0 Å². The highest BCUT2D eigenvalue weighted by molar-refractivity contribution is 7.80. The van der Waals surface area contributed by atoms with Gasteiger partial charge in [0.15, 0.2) is 0 Å². The lowest BCUT2D eigenvalue weighted by Gasteiger charge is -2.41. The summed E-state index contributed by atoms with van der Waals surface area (Å²) in [6.45, 7) is 0. The van der Waals surface area contributed by atoms with Crippen molar-refractivity contribution in [3.8, 4) is 0 Å². The third-order valence-corrected chi connectivity index (χ3v) is 14.8. The van der Waals surface area contributed by atoms with Gasteiger partial charge >= 0.3 is 0 Å². The Morgan fingerprint density at radius 2 is 0.935 bits per heavy atom. The monoisotopic (exact) mass is 626 g/mol. The van der Waals surface area contributed by atoms with Crippen LogP contribution in [0.3, 0.4) is 0 Å². The molecule has 8 rings (SSSR count). The smallest absolute Gasteiger partial charge is 0.0178 e. The van der Waals surface area contributed by atoms with E-state index in [9.17, 15) is 0 Å². The molecule has 0 heterocycles. The Labute approximate surface area is 275 Å². The summed E-state index contributed by atoms with van der Waals surface area (Å²) >= 11 is 0. The molecule has 1 aliphatic rings. The second-order valence-electron chi connectivity index (χ2n) is 12.0. The number of benzene rings is 7. The van der Waals surface area contributed by atoms with Crippen LogP contribution in [0.15, 0.2) is 182 Å². The maximum Gasteiger partial charge on any atom is 0.0178 e. The van der Waals surface area contributed by atoms with Crippen LogP contribution in [0.5, 0.6) is 0 Å². The highest BCUT2D eigenvalue weighted by Crippen LogP contribution is 2.55. The molecule has 0 fully saturated rings. The van der Waals surface area contributed by atoms with Crippen LogP contribution in [0.4, 0.5) is 0 Å². The summed E-state index contributed by atoms with van der Waals surface area (Å²) in [6.07, 6.45) is 2.27. The summed E-state index contributed by atoms with van der Waals surface area (Å²) in [5.74, 6) is 0.259. The van der Waals surface area contributed by atoms with Gasteiger partial charge in [-0.3, -0.25) is 0 Å². The van der Waals surface area contributed by atoms with Crippen LogP contribution in [0.1, 0.15) is 29.0 Å². The van der Waals surface area contributed by atoms with Crippen molar-refractivity contribution < 1.29 is 0 Å². The van der Waals surface area contributed by atoms with E-state index in [0.717, 1.165) is 12.8 Å². The minimum atomic E-state index is -0.794. The first-order valence-electron chi connectivity index (χ1n) is 16.3. The van der Waals surface area contributed by atoms with Gasteiger partial charge in [-0.1, -0.05) is 182 Å². The SMILES string of the molecule is c1ccc(P(c2ccccc2)c2ccc3ccccc3c2C2c3ccccc3CC[C@@H]2P(c2ccccc2)c2ccccc2)cc1. The lowest BCUT2D eigenvalue weighted by molar-refractivity contribution is 0.633. The molecule has 1 aliphatic carbocycles. The molecule has 2 atom stereocenters. The van der Waals surface area contributed by atoms with Crippen molar-refractivity contribution in [2.24, 2.45) is 0 Å². The topological polar surface area (TPSA) is 0 Å². The van der Waals surface area contributed by atoms with E-state index in [1.54, 1.807) is 0 Å². The molecule has 46 heavy (non-hydrogen) atoms. The minimum Gasteiger partial charge on any atom is -0.0622 e. The summed E-state index contributed by atoms with van der Waals surface area (Å²) in [6, 6.07) is 68.5. The molecule has 0 spiro atoms. The van der Waals surface area contributed by atoms with Gasteiger partial charge in [-0.05, 0) is 88.3 Å². The zero-order valence-electron chi connectivity index (χ0n) is 25.8. The van der Waals surface area contributed by atoms with Crippen molar-refractivity contribution in [1.29, 1.82) is 0 Å². The second kappa shape index (κ2) is 13.2. The number of hydrogen-bond acceptors (Lipinski definition) is 0. The number of rotatable bonds is 7. The van der Waals surface area contributed by atoms with E-state index in [1.807, 2.05) is 0 Å². The molecule has 0 amide bonds. The summed E-state index contributed by atoms with van der Waals surface area (Å²) in [5, 5.41) is 9.92. The molecule has 222 valence electrons. The molecule has 0 N–H and O–H groups in total. The van der Waals surface area contributed by atoms with E-state index in [-0.39, 0.29) is 5.92 Å². The minimum absolute atomic E-state index is 0.259. The molecule has 1 unspecified atom stereocenters. The van der Waals surface area contributed by atoms with Gasteiger partial charge in [-0.2, -0.15) is 0 Å². The van der Waals surface area contributed by atoms with Crippen molar-refractivity contribution in [2.75, 3.05) is 0 Å². The van der Waals surface area contributed by atoms with Gasteiger partial charge in [-0.15, -0.1) is 0 Å². The number of hydrogen-bond donors (Lipinski definition) is 0. The lowest BCUT2D eigenvalue weighted by Crippen LogP contribution is -2.35. The second-order valence-corrected chi connectivity index (χ2v) is 16.7. The highest BCUT2D eigenvalue weighted by Gasteiger charge is 2.40. The van der Waals surface area contributed by atoms with Gasteiger partial charge in [0, 0.05) is 5.92 Å². The summed E-state index contributed by atoms with van der Waals surface area (Å²) in [4.78, 5) is 0. The Hall–Kier alpha value is -4.34. The Morgan fingerprint density at radius 1 is 0.435 bits per heavy atom. The Kier molecular flexibility index (Phi) is 8.33. The Balaban J connectivity index is 1.44. The Morgan fingerprint density at radius 3 is 1.54 bits per heavy atom. The van der Waals surface area contributed by atoms with Crippen molar-refractivity contribution in [3.05, 3.63) is 199 Å². The first kappa shape index (κ1) is 29.1. The Bertz CT molecular complexity index is 1980. The zero-order valence-corrected chi connectivity index (χ0v) is 27.6. The van der Waals surface area contributed by atoms with Gasteiger partial charge in [0.05, 0.1) is 0 Å². The van der Waals surface area contributed by atoms with E-state index in [1.165, 1.54) is 54.0 Å². The molecule has 0 aromatic heterocycles. The van der Waals surface area contributed by atoms with Crippen LogP contribution in [0.25, 0.3) is 10.8 Å². The molecule has 0 saturated heterocycles. The van der Waals surface area contributed by atoms with Gasteiger partial charge in [0.1, 0.15) is 0 Å². The van der Waals surface area contributed by atoms with E-state index in [2.05, 4.69) is 182 Å². The van der Waals surface area contributed by atoms with Crippen molar-refractivity contribution in [3.63, 3.8) is 0 Å². The van der Waals surface area contributed by atoms with E-state index in [0.29, 0.717) is 5.66 Å². The summed E-state index contributed by atoms with van der Waals surface area (Å²) < 4.78 is 0. The predicted molar refractivity (Wildman–Crippen MR) is 202 cm³/mol. The third kappa shape index (κ3) is 5.52. The first-order chi connectivity index (χ1) is 22.9. The molecule has 7 aromatic carbocycles. The molecule has 0 radical (unpaired) electrons. The lowest BCUT2D eigenvalue weighted by atomic mass is 9.77. The van der Waals surface area contributed by atoms with E-state index >= 15 is 0 Å². The van der Waals surface area contributed by atoms with Gasteiger partial charge in [0.2, 0.25) is 0 Å². The fraction of sp³-hybridized carbons (Fsp3) is 0.0909. The van der Waals surface area contributed by atoms with E-state index < -0.39 is 15.8 Å². The van der Waals surface area contributed by atoms with Crippen LogP contribution in [-0.4, -0.2) is 5.66 Å². The summed E-state index contributed by atoms with van der Waals surface area (Å²) in [7, 11) is -1.44. The number of fused-ring (bicyclic) bond motifs is 2. The molecule has 7 aromatic rings. The normalized spacial score (nSPS) is 16.0. The quantitative estimate of drug-likeness (QED) is 0.155. The molecular formula is C44H36P2. The molecule has 0 nitrogen and oxygen atoms in total. The fourth-order valence-corrected chi connectivity index (χ4v) is 13.0. The van der Waals surface area contributed by atoms with Crippen LogP contribution in [0, 0.1) is 0 Å². The van der Waals surface area contributed by atoms with Crippen molar-refractivity contribution in [2.45, 2.75) is 24.4 Å². The average molecular weight is 627 g/mol. The zero-order chi connectivity index (χ0) is 30.7. The fourth-order valence-electron chi connectivity index (χ4n) is 7.47. The predicted octanol–water partition coefficient (Wildman–Crippen LogP) is 9.18. The average Bonchev–Trinajstić information content (AvgIpc) is 3.14. The first-order valence-corrected chi connectivity index (χ1v) is 19.0. The van der Waals surface area contributed by atoms with Crippen molar-refractivity contribution in [1.82, 2.24) is 0 Å². The van der Waals surface area contributed by atoms with Gasteiger partial charge < -0.3 is 0 Å². The standard InChI is InChI=1S/C44H36P2/c1-5-19-35(20-6-1)45(36-21-7-2-8-22-36)41-31-29-33-17-13-15-27-39(33)43(41)44-40-28-16-14-18-34(40)30-32-42(44)46(37-23-9-3-10-24-37)38-25-11-4-12-26-38/h1-29,31,42,44H,30,32H2/t42-,44?/m0/s1. The number of aryl methyl sites for hydroxylation is 1. The molecular weight excluding hydrogens is 590 g/mol. The van der Waals surface area contributed by atoms with Crippen LogP contribution in [0.2, 0.25) is 0 Å². The maximum absolute atomic E-state index is 2.48. The molecule has 0 aliphatic heterocycles. The summed E-state index contributed by atoms with van der Waals surface area (Å²) in [5.41, 5.74) is 4.98.